The van der Waals surface area contributed by atoms with Gasteiger partial charge in [-0.3, -0.25) is 0 Å². The fourth-order valence-corrected chi connectivity index (χ4v) is 0. The summed E-state index contributed by atoms with van der Waals surface area (Å²) in [5.74, 6) is 0. The average molecular weight is 135 g/mol. The molecule has 5 nitrogen and oxygen atoms in total. The number of nitrogens with zero attached hydrogens (tertiary/aromatic N) is 1. The van der Waals surface area contributed by atoms with Gasteiger partial charge in [-0.2, -0.15) is 0 Å². The third kappa shape index (κ3) is 257. The molecule has 0 atom stereocenters. The zero-order valence-corrected chi connectivity index (χ0v) is 3.58. The van der Waals surface area contributed by atoms with E-state index in [-0.39, 0.29) is 22.5 Å². The predicted molar refractivity (Wildman–Crippen MR) is 12.3 cm³/mol. The molecule has 0 saturated heterocycles. The summed E-state index contributed by atoms with van der Waals surface area (Å²) in [6.07, 6.45) is 0. The Kier molecular flexibility index (Phi) is 25.5. The molecule has 0 spiro atoms. The van der Waals surface area contributed by atoms with Gasteiger partial charge in [0.2, 0.25) is 0 Å². The van der Waals surface area contributed by atoms with Crippen LogP contribution in [0.5, 0.6) is 0 Å². The minimum absolute atomic E-state index is 0. The fourth-order valence-electron chi connectivity index (χ4n) is 0. The number of hydrogen-bond donors (Lipinski definition) is 0. The summed E-state index contributed by atoms with van der Waals surface area (Å²) in [5.41, 5.74) is 0. The van der Waals surface area contributed by atoms with Crippen LogP contribution in [0.2, 0.25) is 0 Å². The summed E-state index contributed by atoms with van der Waals surface area (Å²) in [6.45, 7) is 0. The second-order valence-electron chi connectivity index (χ2n) is 0.224. The van der Waals surface area contributed by atoms with Gasteiger partial charge in [-0.05, 0) is 0 Å². The van der Waals surface area contributed by atoms with Crippen LogP contribution in [0.25, 0.3) is 0 Å². The molecule has 1 N–H and O–H groups in total. The van der Waals surface area contributed by atoms with Crippen LogP contribution < -0.4 is 0 Å². The maximum absolute atomic E-state index is 8.25. The Hall–Kier alpha value is -0.321. The molecule has 6 heavy (non-hydrogen) atoms. The minimum atomic E-state index is -1.75. The Morgan fingerprint density at radius 2 is 1.33 bits per heavy atom. The van der Waals surface area contributed by atoms with E-state index in [1.54, 1.807) is 0 Å². The smallest absolute Gasteiger partial charge is 0.870 e. The van der Waals surface area contributed by atoms with Crippen LogP contribution in [0.15, 0.2) is 0 Å². The van der Waals surface area contributed by atoms with Crippen LogP contribution in [0, 0.1) is 15.3 Å². The second-order valence-corrected chi connectivity index (χ2v) is 0.224. The van der Waals surface area contributed by atoms with Crippen molar-refractivity contribution in [1.82, 2.24) is 0 Å². The standard InChI is InChI=1S/Fe.NO3.H2O/c;2-1(3)4;/h;;1H2/q+2;-1;/p-1. The third-order valence-corrected chi connectivity index (χ3v) is 0. The predicted octanol–water partition coefficient (Wildman–Crippen LogP) is -0.418. The van der Waals surface area contributed by atoms with Gasteiger partial charge in [-0.1, -0.05) is 0 Å². The van der Waals surface area contributed by atoms with Gasteiger partial charge in [0.25, 0.3) is 0 Å². The molecule has 0 amide bonds. The van der Waals surface area contributed by atoms with Gasteiger partial charge >= 0.3 is 17.1 Å². The molecular weight excluding hydrogens is 134 g/mol. The first-order valence-electron chi connectivity index (χ1n) is 0.548. The van der Waals surface area contributed by atoms with Crippen LogP contribution in [-0.2, 0) is 17.1 Å². The molecule has 0 heterocycles. The van der Waals surface area contributed by atoms with Gasteiger partial charge in [0.1, 0.15) is 0 Å². The van der Waals surface area contributed by atoms with Crippen molar-refractivity contribution in [3.05, 3.63) is 15.3 Å². The second kappa shape index (κ2) is 8.82. The normalized spacial score (nSPS) is 4.00. The molecule has 0 fully saturated rings. The molecule has 38 valence electrons. The summed E-state index contributed by atoms with van der Waals surface area (Å²) < 4.78 is 0. The van der Waals surface area contributed by atoms with Gasteiger partial charge in [0.05, 0.1) is 5.09 Å². The summed E-state index contributed by atoms with van der Waals surface area (Å²) in [7, 11) is 0. The zero-order chi connectivity index (χ0) is 3.58. The van der Waals surface area contributed by atoms with Gasteiger partial charge < -0.3 is 20.8 Å². The molecule has 0 saturated carbocycles. The van der Waals surface area contributed by atoms with Crippen molar-refractivity contribution < 1.29 is 27.6 Å². The van der Waals surface area contributed by atoms with Crippen molar-refractivity contribution in [1.29, 1.82) is 0 Å². The number of rotatable bonds is 0. The Morgan fingerprint density at radius 3 is 1.33 bits per heavy atom. The Bertz CT molecular complexity index is 30.5. The van der Waals surface area contributed by atoms with Crippen molar-refractivity contribution in [3.63, 3.8) is 0 Å². The largest absolute Gasteiger partial charge is 2.00 e. The summed E-state index contributed by atoms with van der Waals surface area (Å²) in [5, 5.41) is 14.8. The van der Waals surface area contributed by atoms with Crippen LogP contribution in [-0.4, -0.2) is 10.6 Å². The van der Waals surface area contributed by atoms with Crippen LogP contribution in [0.3, 0.4) is 0 Å². The molecular formula is HFeNO4. The van der Waals surface area contributed by atoms with E-state index in [2.05, 4.69) is 0 Å². The van der Waals surface area contributed by atoms with Crippen molar-refractivity contribution in [3.8, 4) is 0 Å². The van der Waals surface area contributed by atoms with E-state index in [1.165, 1.54) is 0 Å². The molecule has 0 aliphatic carbocycles. The fraction of sp³-hybridized carbons (Fsp3) is 0. The van der Waals surface area contributed by atoms with E-state index in [1.807, 2.05) is 0 Å². The molecule has 0 aromatic carbocycles. The molecule has 0 aliphatic heterocycles. The third-order valence-electron chi connectivity index (χ3n) is 0. The van der Waals surface area contributed by atoms with E-state index in [0.29, 0.717) is 0 Å². The Balaban J connectivity index is -0.0000000450. The first-order chi connectivity index (χ1) is 1.73. The van der Waals surface area contributed by atoms with Gasteiger partial charge in [-0.25, -0.2) is 0 Å². The van der Waals surface area contributed by atoms with Gasteiger partial charge in [-0.15, -0.1) is 0 Å². The van der Waals surface area contributed by atoms with E-state index in [4.69, 9.17) is 15.3 Å². The van der Waals surface area contributed by atoms with Crippen molar-refractivity contribution >= 4 is 0 Å². The SMILES string of the molecule is O=[N+]([O-])[O-].[Fe+2].[OH-]. The van der Waals surface area contributed by atoms with Crippen molar-refractivity contribution in [2.24, 2.45) is 0 Å². The van der Waals surface area contributed by atoms with Crippen LogP contribution in [0.4, 0.5) is 0 Å². The van der Waals surface area contributed by atoms with E-state index in [0.717, 1.165) is 0 Å². The molecule has 6 heteroatoms. The van der Waals surface area contributed by atoms with Crippen molar-refractivity contribution in [2.75, 3.05) is 0 Å². The molecule has 0 aliphatic rings. The van der Waals surface area contributed by atoms with E-state index >= 15 is 0 Å². The molecule has 0 aromatic rings. The Labute approximate surface area is 43.9 Å². The molecule has 0 radical (unpaired) electrons. The van der Waals surface area contributed by atoms with Gasteiger partial charge in [0, 0.05) is 0 Å². The minimum Gasteiger partial charge on any atom is -0.870 e. The monoisotopic (exact) mass is 135 g/mol. The average Bonchev–Trinajstić information content (AvgIpc) is 0.811. The Morgan fingerprint density at radius 1 is 1.33 bits per heavy atom. The van der Waals surface area contributed by atoms with Crippen LogP contribution >= 0.6 is 0 Å². The topological polar surface area (TPSA) is 96.2 Å². The quantitative estimate of drug-likeness (QED) is 0.256. The molecule has 0 unspecified atom stereocenters. The maximum Gasteiger partial charge on any atom is 2.00 e. The molecule has 0 bridgehead atoms. The van der Waals surface area contributed by atoms with Crippen LogP contribution in [0.1, 0.15) is 0 Å². The molecule has 0 rings (SSSR count). The first kappa shape index (κ1) is 17.3. The summed E-state index contributed by atoms with van der Waals surface area (Å²) in [6, 6.07) is 0. The maximum atomic E-state index is 8.25. The summed E-state index contributed by atoms with van der Waals surface area (Å²) in [4.78, 5) is 8.25. The first-order valence-corrected chi connectivity index (χ1v) is 0.548. The number of hydrogen-bond acceptors (Lipinski definition) is 4. The van der Waals surface area contributed by atoms with Crippen molar-refractivity contribution in [2.45, 2.75) is 0 Å². The van der Waals surface area contributed by atoms with Gasteiger partial charge in [0.15, 0.2) is 0 Å². The van der Waals surface area contributed by atoms with E-state index < -0.39 is 5.09 Å². The van der Waals surface area contributed by atoms with E-state index in [9.17, 15) is 0 Å². The molecule has 0 aromatic heterocycles. The summed E-state index contributed by atoms with van der Waals surface area (Å²) >= 11 is 0. The zero-order valence-electron chi connectivity index (χ0n) is 2.47.